The van der Waals surface area contributed by atoms with Gasteiger partial charge in [-0.05, 0) is 23.9 Å². The summed E-state index contributed by atoms with van der Waals surface area (Å²) < 4.78 is 0. The summed E-state index contributed by atoms with van der Waals surface area (Å²) in [5.74, 6) is -0.0291. The molecule has 4 heteroatoms. The maximum atomic E-state index is 11.3. The fraction of sp³-hybridized carbons (Fsp3) is 0.375. The number of rotatable bonds is 3. The Kier molecular flexibility index (Phi) is 3.25. The molecule has 1 amide bonds. The van der Waals surface area contributed by atoms with Crippen LogP contribution < -0.4 is 11.1 Å². The number of carbonyl (C=O) groups is 1. The van der Waals surface area contributed by atoms with Gasteiger partial charge in [0, 0.05) is 13.1 Å². The molecule has 0 spiro atoms. The Morgan fingerprint density at radius 2 is 2.50 bits per heavy atom. The Morgan fingerprint density at radius 3 is 3.00 bits per heavy atom. The molecule has 0 fully saturated rings. The highest BCUT2D eigenvalue weighted by Crippen LogP contribution is 2.12. The summed E-state index contributed by atoms with van der Waals surface area (Å²) in [6, 6.07) is 1.87. The molecule has 0 radical (unpaired) electrons. The minimum absolute atomic E-state index is 0.0291. The van der Waals surface area contributed by atoms with Crippen LogP contribution in [0.5, 0.6) is 0 Å². The van der Waals surface area contributed by atoms with Crippen molar-refractivity contribution in [3.05, 3.63) is 21.9 Å². The maximum Gasteiger partial charge on any atom is 0.261 e. The van der Waals surface area contributed by atoms with E-state index in [0.29, 0.717) is 13.1 Å². The minimum Gasteiger partial charge on any atom is -0.350 e. The molecular weight excluding hydrogens is 172 g/mol. The van der Waals surface area contributed by atoms with Crippen LogP contribution in [0.2, 0.25) is 0 Å². The molecule has 12 heavy (non-hydrogen) atoms. The molecule has 66 valence electrons. The van der Waals surface area contributed by atoms with E-state index in [-0.39, 0.29) is 5.91 Å². The van der Waals surface area contributed by atoms with Crippen molar-refractivity contribution >= 4 is 17.2 Å². The van der Waals surface area contributed by atoms with Gasteiger partial charge in [0.2, 0.25) is 0 Å². The van der Waals surface area contributed by atoms with Crippen molar-refractivity contribution in [2.75, 3.05) is 13.1 Å². The Morgan fingerprint density at radius 1 is 1.75 bits per heavy atom. The lowest BCUT2D eigenvalue weighted by Gasteiger charge is -1.98. The van der Waals surface area contributed by atoms with Gasteiger partial charge in [0.25, 0.3) is 5.91 Å². The van der Waals surface area contributed by atoms with Gasteiger partial charge in [-0.2, -0.15) is 0 Å². The fourth-order valence-corrected chi connectivity index (χ4v) is 1.64. The number of hydrogen-bond acceptors (Lipinski definition) is 3. The fourth-order valence-electron chi connectivity index (χ4n) is 0.823. The second-order valence-electron chi connectivity index (χ2n) is 2.53. The third-order valence-electron chi connectivity index (χ3n) is 1.38. The SMILES string of the molecule is Cc1csc(C(=O)NCCN)c1. The van der Waals surface area contributed by atoms with Crippen molar-refractivity contribution in [1.82, 2.24) is 5.32 Å². The van der Waals surface area contributed by atoms with E-state index in [4.69, 9.17) is 5.73 Å². The molecule has 0 atom stereocenters. The second-order valence-corrected chi connectivity index (χ2v) is 3.44. The molecule has 0 aliphatic rings. The molecule has 1 rings (SSSR count). The first-order valence-corrected chi connectivity index (χ1v) is 4.65. The highest BCUT2D eigenvalue weighted by Gasteiger charge is 2.05. The van der Waals surface area contributed by atoms with Gasteiger partial charge in [-0.3, -0.25) is 4.79 Å². The lowest BCUT2D eigenvalue weighted by molar-refractivity contribution is 0.0959. The molecule has 0 saturated heterocycles. The third-order valence-corrected chi connectivity index (χ3v) is 2.43. The predicted molar refractivity (Wildman–Crippen MR) is 50.4 cm³/mol. The summed E-state index contributed by atoms with van der Waals surface area (Å²) in [7, 11) is 0. The smallest absolute Gasteiger partial charge is 0.261 e. The van der Waals surface area contributed by atoms with Gasteiger partial charge in [0.1, 0.15) is 0 Å². The molecule has 3 nitrogen and oxygen atoms in total. The van der Waals surface area contributed by atoms with Crippen LogP contribution >= 0.6 is 11.3 Å². The predicted octanol–water partition coefficient (Wildman–Crippen LogP) is 0.745. The molecule has 1 heterocycles. The maximum absolute atomic E-state index is 11.3. The summed E-state index contributed by atoms with van der Waals surface area (Å²) >= 11 is 1.46. The first-order chi connectivity index (χ1) is 5.74. The van der Waals surface area contributed by atoms with Gasteiger partial charge < -0.3 is 11.1 Å². The van der Waals surface area contributed by atoms with Crippen molar-refractivity contribution in [3.63, 3.8) is 0 Å². The average Bonchev–Trinajstić information content (AvgIpc) is 2.47. The Labute approximate surface area is 75.6 Å². The summed E-state index contributed by atoms with van der Waals surface area (Å²) in [6.45, 7) is 2.99. The third kappa shape index (κ3) is 2.32. The number of aryl methyl sites for hydroxylation is 1. The number of hydrogen-bond donors (Lipinski definition) is 2. The summed E-state index contributed by atoms with van der Waals surface area (Å²) in [5.41, 5.74) is 6.37. The molecule has 0 bridgehead atoms. The first-order valence-electron chi connectivity index (χ1n) is 3.77. The first kappa shape index (κ1) is 9.22. The Hall–Kier alpha value is -0.870. The largest absolute Gasteiger partial charge is 0.350 e. The van der Waals surface area contributed by atoms with Gasteiger partial charge in [0.15, 0.2) is 0 Å². The molecule has 0 aliphatic carbocycles. The van der Waals surface area contributed by atoms with Crippen LogP contribution in [-0.4, -0.2) is 19.0 Å². The Balaban J connectivity index is 2.53. The zero-order valence-corrected chi connectivity index (χ0v) is 7.78. The van der Waals surface area contributed by atoms with Crippen LogP contribution in [-0.2, 0) is 0 Å². The van der Waals surface area contributed by atoms with Gasteiger partial charge in [-0.1, -0.05) is 0 Å². The highest BCUT2D eigenvalue weighted by atomic mass is 32.1. The Bertz CT molecular complexity index is 270. The lowest BCUT2D eigenvalue weighted by Crippen LogP contribution is -2.28. The molecule has 0 aliphatic heterocycles. The van der Waals surface area contributed by atoms with Crippen LogP contribution in [0.15, 0.2) is 11.4 Å². The zero-order chi connectivity index (χ0) is 8.97. The van der Waals surface area contributed by atoms with Crippen LogP contribution in [0.3, 0.4) is 0 Å². The molecule has 1 aromatic heterocycles. The van der Waals surface area contributed by atoms with Crippen molar-refractivity contribution < 1.29 is 4.79 Å². The summed E-state index contributed by atoms with van der Waals surface area (Å²) in [5, 5.41) is 4.66. The molecule has 0 aromatic carbocycles. The monoisotopic (exact) mass is 184 g/mol. The van der Waals surface area contributed by atoms with E-state index in [0.717, 1.165) is 10.4 Å². The van der Waals surface area contributed by atoms with E-state index >= 15 is 0 Å². The highest BCUT2D eigenvalue weighted by molar-refractivity contribution is 7.12. The van der Waals surface area contributed by atoms with Crippen LogP contribution in [0.25, 0.3) is 0 Å². The van der Waals surface area contributed by atoms with Gasteiger partial charge in [-0.25, -0.2) is 0 Å². The molecule has 0 unspecified atom stereocenters. The second kappa shape index (κ2) is 4.23. The van der Waals surface area contributed by atoms with Crippen molar-refractivity contribution in [2.45, 2.75) is 6.92 Å². The molecule has 3 N–H and O–H groups in total. The average molecular weight is 184 g/mol. The lowest BCUT2D eigenvalue weighted by atomic mass is 10.3. The standard InChI is InChI=1S/C8H12N2OS/c1-6-4-7(12-5-6)8(11)10-3-2-9/h4-5H,2-3,9H2,1H3,(H,10,11). The van der Waals surface area contributed by atoms with Gasteiger partial charge >= 0.3 is 0 Å². The van der Waals surface area contributed by atoms with Crippen LogP contribution in [0, 0.1) is 6.92 Å². The van der Waals surface area contributed by atoms with Crippen LogP contribution in [0.4, 0.5) is 0 Å². The van der Waals surface area contributed by atoms with E-state index in [1.54, 1.807) is 0 Å². The summed E-state index contributed by atoms with van der Waals surface area (Å²) in [6.07, 6.45) is 0. The van der Waals surface area contributed by atoms with Crippen molar-refractivity contribution in [1.29, 1.82) is 0 Å². The van der Waals surface area contributed by atoms with E-state index in [9.17, 15) is 4.79 Å². The number of amides is 1. The number of thiophene rings is 1. The summed E-state index contributed by atoms with van der Waals surface area (Å²) in [4.78, 5) is 12.0. The number of nitrogens with one attached hydrogen (secondary N) is 1. The van der Waals surface area contributed by atoms with Crippen molar-refractivity contribution in [2.24, 2.45) is 5.73 Å². The minimum atomic E-state index is -0.0291. The van der Waals surface area contributed by atoms with E-state index in [1.807, 2.05) is 18.4 Å². The zero-order valence-electron chi connectivity index (χ0n) is 6.96. The van der Waals surface area contributed by atoms with E-state index < -0.39 is 0 Å². The van der Waals surface area contributed by atoms with Gasteiger partial charge in [0.05, 0.1) is 4.88 Å². The van der Waals surface area contributed by atoms with E-state index in [1.165, 1.54) is 11.3 Å². The molecule has 0 saturated carbocycles. The van der Waals surface area contributed by atoms with Crippen LogP contribution in [0.1, 0.15) is 15.2 Å². The topological polar surface area (TPSA) is 55.1 Å². The quantitative estimate of drug-likeness (QED) is 0.728. The normalized spacial score (nSPS) is 9.83. The van der Waals surface area contributed by atoms with E-state index in [2.05, 4.69) is 5.32 Å². The van der Waals surface area contributed by atoms with Gasteiger partial charge in [-0.15, -0.1) is 11.3 Å². The molecular formula is C8H12N2OS. The molecule has 1 aromatic rings. The number of carbonyl (C=O) groups excluding carboxylic acids is 1. The number of nitrogens with two attached hydrogens (primary N) is 1. The van der Waals surface area contributed by atoms with Crippen molar-refractivity contribution in [3.8, 4) is 0 Å².